The van der Waals surface area contributed by atoms with E-state index in [1.54, 1.807) is 0 Å². The zero-order chi connectivity index (χ0) is 23.6. The number of allylic oxidation sites excluding steroid dienone is 2. The molecule has 0 amide bonds. The van der Waals surface area contributed by atoms with Crippen LogP contribution in [-0.4, -0.2) is 0 Å². The van der Waals surface area contributed by atoms with Gasteiger partial charge in [-0.15, -0.1) is 0 Å². The maximum atomic E-state index is 2.41. The Hall–Kier alpha value is -2.60. The monoisotopic (exact) mass is 450 g/mol. The van der Waals surface area contributed by atoms with Gasteiger partial charge in [-0.2, -0.15) is 0 Å². The molecule has 0 unspecified atom stereocenters. The summed E-state index contributed by atoms with van der Waals surface area (Å²) in [5.74, 6) is 2.52. The van der Waals surface area contributed by atoms with Gasteiger partial charge in [0, 0.05) is 0 Å². The third kappa shape index (κ3) is 7.20. The number of rotatable bonds is 10. The molecule has 0 heterocycles. The lowest BCUT2D eigenvalue weighted by atomic mass is 9.75. The molecule has 178 valence electrons. The Balaban J connectivity index is 1.20. The van der Waals surface area contributed by atoms with Crippen molar-refractivity contribution in [2.45, 2.75) is 77.6 Å². The van der Waals surface area contributed by atoms with E-state index in [9.17, 15) is 0 Å². The first kappa shape index (κ1) is 24.5. The Morgan fingerprint density at radius 1 is 0.706 bits per heavy atom. The second-order valence-electron chi connectivity index (χ2n) is 10.5. The molecule has 0 N–H and O–H groups in total. The summed E-state index contributed by atoms with van der Waals surface area (Å²) in [6.45, 7) is 4.50. The maximum Gasteiger partial charge on any atom is -0.0184 e. The van der Waals surface area contributed by atoms with Gasteiger partial charge >= 0.3 is 0 Å². The summed E-state index contributed by atoms with van der Waals surface area (Å²) in [7, 11) is 0. The van der Waals surface area contributed by atoms with Crippen LogP contribution in [0.2, 0.25) is 0 Å². The van der Waals surface area contributed by atoms with Crippen LogP contribution in [0.15, 0.2) is 91.0 Å². The second kappa shape index (κ2) is 12.7. The van der Waals surface area contributed by atoms with Gasteiger partial charge in [0.2, 0.25) is 0 Å². The molecule has 0 saturated heterocycles. The zero-order valence-corrected chi connectivity index (χ0v) is 21.3. The van der Waals surface area contributed by atoms with Crippen molar-refractivity contribution in [3.05, 3.63) is 108 Å². The van der Waals surface area contributed by atoms with Gasteiger partial charge < -0.3 is 0 Å². The van der Waals surface area contributed by atoms with Gasteiger partial charge in [0.25, 0.3) is 0 Å². The highest BCUT2D eigenvalue weighted by atomic mass is 14.3. The van der Waals surface area contributed by atoms with Crippen molar-refractivity contribution < 1.29 is 0 Å². The smallest absolute Gasteiger partial charge is 0.0184 e. The standard InChI is InChI=1S/C34H42/c1-3-4-6-9-28-18-22-33(23-19-28)34-24-20-30(21-25-34)13-12-29-14-16-31(17-15-29)26-27(2)32-10-7-5-8-11-32/h3-5,7-8,10-11,18-25,27,29,31H,6,9,12-17,26H2,1-2H3/t27-,29?,31?/m1/s1. The van der Waals surface area contributed by atoms with Crippen molar-refractivity contribution in [3.63, 3.8) is 0 Å². The quantitative estimate of drug-likeness (QED) is 0.270. The highest BCUT2D eigenvalue weighted by Gasteiger charge is 2.23. The van der Waals surface area contributed by atoms with E-state index in [4.69, 9.17) is 0 Å². The molecule has 1 saturated carbocycles. The molecule has 0 spiro atoms. The van der Waals surface area contributed by atoms with Crippen LogP contribution in [0.25, 0.3) is 11.1 Å². The summed E-state index contributed by atoms with van der Waals surface area (Å²) >= 11 is 0. The molecule has 0 aromatic heterocycles. The minimum absolute atomic E-state index is 0.690. The van der Waals surface area contributed by atoms with E-state index in [1.165, 1.54) is 72.8 Å². The molecule has 1 aliphatic carbocycles. The Labute approximate surface area is 208 Å². The highest BCUT2D eigenvalue weighted by Crippen LogP contribution is 2.37. The fourth-order valence-corrected chi connectivity index (χ4v) is 5.69. The predicted molar refractivity (Wildman–Crippen MR) is 148 cm³/mol. The molecule has 0 aliphatic heterocycles. The molecule has 0 nitrogen and oxygen atoms in total. The summed E-state index contributed by atoms with van der Waals surface area (Å²) in [5, 5.41) is 0. The third-order valence-corrected chi connectivity index (χ3v) is 7.94. The topological polar surface area (TPSA) is 0 Å². The average molecular weight is 451 g/mol. The van der Waals surface area contributed by atoms with E-state index in [0.29, 0.717) is 5.92 Å². The SMILES string of the molecule is CC=CCCc1ccc(-c2ccc(CCC3CCC(C[C@@H](C)c4ccccc4)CC3)cc2)cc1. The Bertz CT molecular complexity index is 986. The van der Waals surface area contributed by atoms with Gasteiger partial charge in [-0.25, -0.2) is 0 Å². The van der Waals surface area contributed by atoms with Crippen LogP contribution in [0.3, 0.4) is 0 Å². The fraction of sp³-hybridized carbons (Fsp3) is 0.412. The molecule has 34 heavy (non-hydrogen) atoms. The van der Waals surface area contributed by atoms with Gasteiger partial charge in [-0.3, -0.25) is 0 Å². The lowest BCUT2D eigenvalue weighted by Crippen LogP contribution is -2.16. The molecule has 0 radical (unpaired) electrons. The maximum absolute atomic E-state index is 2.41. The summed E-state index contributed by atoms with van der Waals surface area (Å²) < 4.78 is 0. The van der Waals surface area contributed by atoms with Crippen LogP contribution in [0.1, 0.15) is 81.4 Å². The third-order valence-electron chi connectivity index (χ3n) is 7.94. The van der Waals surface area contributed by atoms with Crippen LogP contribution in [-0.2, 0) is 12.8 Å². The lowest BCUT2D eigenvalue weighted by molar-refractivity contribution is 0.245. The van der Waals surface area contributed by atoms with Gasteiger partial charge in [0.1, 0.15) is 0 Å². The summed E-state index contributed by atoms with van der Waals surface area (Å²) in [5.41, 5.74) is 7.07. The molecule has 0 heteroatoms. The van der Waals surface area contributed by atoms with Gasteiger partial charge in [0.15, 0.2) is 0 Å². The Morgan fingerprint density at radius 2 is 1.26 bits per heavy atom. The van der Waals surface area contributed by atoms with Crippen LogP contribution in [0.4, 0.5) is 0 Å². The average Bonchev–Trinajstić information content (AvgIpc) is 2.90. The fourth-order valence-electron chi connectivity index (χ4n) is 5.69. The van der Waals surface area contributed by atoms with Crippen LogP contribution < -0.4 is 0 Å². The van der Waals surface area contributed by atoms with E-state index in [-0.39, 0.29) is 0 Å². The number of aryl methyl sites for hydroxylation is 2. The van der Waals surface area contributed by atoms with E-state index < -0.39 is 0 Å². The number of hydrogen-bond donors (Lipinski definition) is 0. The molecule has 4 rings (SSSR count). The molecule has 3 aromatic carbocycles. The second-order valence-corrected chi connectivity index (χ2v) is 10.5. The summed E-state index contributed by atoms with van der Waals surface area (Å²) in [6.07, 6.45) is 16.2. The largest absolute Gasteiger partial charge is 0.0917 e. The van der Waals surface area contributed by atoms with Gasteiger partial charge in [0.05, 0.1) is 0 Å². The zero-order valence-electron chi connectivity index (χ0n) is 21.3. The molecule has 0 bridgehead atoms. The van der Waals surface area contributed by atoms with Crippen LogP contribution in [0, 0.1) is 11.8 Å². The van der Waals surface area contributed by atoms with Crippen molar-refractivity contribution in [3.8, 4) is 11.1 Å². The van der Waals surface area contributed by atoms with E-state index in [1.807, 2.05) is 0 Å². The molecule has 1 fully saturated rings. The number of benzene rings is 3. The Morgan fingerprint density at radius 3 is 1.85 bits per heavy atom. The molecular formula is C34H42. The number of hydrogen-bond acceptors (Lipinski definition) is 0. The molecule has 3 aromatic rings. The van der Waals surface area contributed by atoms with Crippen LogP contribution in [0.5, 0.6) is 0 Å². The lowest BCUT2D eigenvalue weighted by Gasteiger charge is -2.30. The van der Waals surface area contributed by atoms with Crippen molar-refractivity contribution in [1.29, 1.82) is 0 Å². The minimum atomic E-state index is 0.690. The van der Waals surface area contributed by atoms with Crippen molar-refractivity contribution in [2.75, 3.05) is 0 Å². The first-order chi connectivity index (χ1) is 16.7. The first-order valence-corrected chi connectivity index (χ1v) is 13.6. The molecule has 1 aliphatic rings. The van der Waals surface area contributed by atoms with Crippen molar-refractivity contribution in [2.24, 2.45) is 11.8 Å². The van der Waals surface area contributed by atoms with E-state index in [0.717, 1.165) is 24.7 Å². The molecular weight excluding hydrogens is 408 g/mol. The highest BCUT2D eigenvalue weighted by molar-refractivity contribution is 5.64. The van der Waals surface area contributed by atoms with E-state index in [2.05, 4.69) is 105 Å². The Kier molecular flexibility index (Phi) is 9.19. The van der Waals surface area contributed by atoms with Gasteiger partial charge in [-0.1, -0.05) is 124 Å². The van der Waals surface area contributed by atoms with Crippen molar-refractivity contribution >= 4 is 0 Å². The minimum Gasteiger partial charge on any atom is -0.0917 e. The van der Waals surface area contributed by atoms with E-state index >= 15 is 0 Å². The summed E-state index contributed by atoms with van der Waals surface area (Å²) in [6, 6.07) is 29.5. The summed E-state index contributed by atoms with van der Waals surface area (Å²) in [4.78, 5) is 0. The van der Waals surface area contributed by atoms with Gasteiger partial charge in [-0.05, 0) is 84.6 Å². The van der Waals surface area contributed by atoms with Crippen molar-refractivity contribution in [1.82, 2.24) is 0 Å². The molecule has 1 atom stereocenters. The first-order valence-electron chi connectivity index (χ1n) is 13.6. The normalized spacial score (nSPS) is 19.4. The van der Waals surface area contributed by atoms with Crippen LogP contribution >= 0.6 is 0 Å². The predicted octanol–water partition coefficient (Wildman–Crippen LogP) is 9.80.